The van der Waals surface area contributed by atoms with E-state index >= 15 is 0 Å². The lowest BCUT2D eigenvalue weighted by Crippen LogP contribution is -2.56. The van der Waals surface area contributed by atoms with Gasteiger partial charge in [0.15, 0.2) is 0 Å². The molecule has 0 saturated carbocycles. The van der Waals surface area contributed by atoms with Crippen LogP contribution in [0.2, 0.25) is 0 Å². The third-order valence-electron chi connectivity index (χ3n) is 7.52. The van der Waals surface area contributed by atoms with Gasteiger partial charge in [0.2, 0.25) is 0 Å². The van der Waals surface area contributed by atoms with Gasteiger partial charge in [0.05, 0.1) is 18.2 Å². The molecule has 1 aliphatic rings. The average Bonchev–Trinajstić information content (AvgIpc) is 3.16. The normalized spacial score (nSPS) is 18.5. The molecule has 3 atom stereocenters. The van der Waals surface area contributed by atoms with Crippen LogP contribution in [0.5, 0.6) is 0 Å². The molecule has 6 nitrogen and oxygen atoms in total. The van der Waals surface area contributed by atoms with E-state index in [1.165, 1.54) is 0 Å². The standard InChI is InChI=1S/C33H42N2O4/c1-6-28(34(22-25-16-10-7-11-17-25)23-26-18-12-8-13-19-26)30(29(36)27-20-14-9-15-21-27)39-31(37)35-32(2,3)24-38-33(35,4)5/h7-21,28-30,36H,6,22-24H2,1-5H3/t28-,29+,30-/m1/s1. The Labute approximate surface area is 233 Å². The lowest BCUT2D eigenvalue weighted by atomic mass is 9.94. The highest BCUT2D eigenvalue weighted by Crippen LogP contribution is 2.37. The predicted octanol–water partition coefficient (Wildman–Crippen LogP) is 6.55. The summed E-state index contributed by atoms with van der Waals surface area (Å²) < 4.78 is 12.3. The fourth-order valence-electron chi connectivity index (χ4n) is 5.67. The zero-order valence-electron chi connectivity index (χ0n) is 23.8. The van der Waals surface area contributed by atoms with Gasteiger partial charge in [-0.25, -0.2) is 4.79 Å². The van der Waals surface area contributed by atoms with Crippen molar-refractivity contribution in [3.63, 3.8) is 0 Å². The molecule has 208 valence electrons. The predicted molar refractivity (Wildman–Crippen MR) is 154 cm³/mol. The first-order chi connectivity index (χ1) is 18.6. The fraction of sp³-hybridized carbons (Fsp3) is 0.424. The molecule has 1 heterocycles. The van der Waals surface area contributed by atoms with E-state index in [0.29, 0.717) is 31.7 Å². The Hall–Kier alpha value is -3.19. The lowest BCUT2D eigenvalue weighted by molar-refractivity contribution is -0.0932. The Balaban J connectivity index is 1.72. The topological polar surface area (TPSA) is 62.2 Å². The van der Waals surface area contributed by atoms with Crippen molar-refractivity contribution in [2.24, 2.45) is 0 Å². The van der Waals surface area contributed by atoms with E-state index in [4.69, 9.17) is 9.47 Å². The van der Waals surface area contributed by atoms with Crippen molar-refractivity contribution in [3.8, 4) is 0 Å². The maximum atomic E-state index is 13.9. The van der Waals surface area contributed by atoms with Crippen LogP contribution in [0.15, 0.2) is 91.0 Å². The van der Waals surface area contributed by atoms with Crippen LogP contribution in [0.1, 0.15) is 63.8 Å². The molecule has 4 rings (SSSR count). The van der Waals surface area contributed by atoms with Crippen LogP contribution in [0.3, 0.4) is 0 Å². The first-order valence-electron chi connectivity index (χ1n) is 13.8. The molecule has 0 unspecified atom stereocenters. The average molecular weight is 531 g/mol. The highest BCUT2D eigenvalue weighted by Gasteiger charge is 2.51. The molecule has 6 heteroatoms. The summed E-state index contributed by atoms with van der Waals surface area (Å²) in [6.07, 6.45) is -1.64. The largest absolute Gasteiger partial charge is 0.441 e. The molecule has 0 spiro atoms. The Morgan fingerprint density at radius 2 is 1.38 bits per heavy atom. The van der Waals surface area contributed by atoms with Crippen molar-refractivity contribution in [3.05, 3.63) is 108 Å². The van der Waals surface area contributed by atoms with Gasteiger partial charge in [0.25, 0.3) is 0 Å². The molecule has 3 aromatic carbocycles. The second-order valence-corrected chi connectivity index (χ2v) is 11.4. The van der Waals surface area contributed by atoms with Gasteiger partial charge in [0.1, 0.15) is 17.9 Å². The van der Waals surface area contributed by atoms with Gasteiger partial charge in [-0.1, -0.05) is 97.9 Å². The van der Waals surface area contributed by atoms with Crippen LogP contribution in [-0.2, 0) is 22.6 Å². The van der Waals surface area contributed by atoms with E-state index in [9.17, 15) is 9.90 Å². The Kier molecular flexibility index (Phi) is 9.11. The van der Waals surface area contributed by atoms with Crippen molar-refractivity contribution in [1.29, 1.82) is 0 Å². The number of amides is 1. The van der Waals surface area contributed by atoms with E-state index in [0.717, 1.165) is 11.1 Å². The van der Waals surface area contributed by atoms with Crippen molar-refractivity contribution < 1.29 is 19.4 Å². The van der Waals surface area contributed by atoms with Crippen molar-refractivity contribution >= 4 is 6.09 Å². The number of carbonyl (C=O) groups excluding carboxylic acids is 1. The number of rotatable bonds is 10. The molecule has 3 aromatic rings. The minimum Gasteiger partial charge on any atom is -0.441 e. The summed E-state index contributed by atoms with van der Waals surface area (Å²) >= 11 is 0. The van der Waals surface area contributed by atoms with Crippen LogP contribution in [0.4, 0.5) is 4.79 Å². The number of hydrogen-bond acceptors (Lipinski definition) is 5. The van der Waals surface area contributed by atoms with E-state index in [1.54, 1.807) is 4.90 Å². The first-order valence-corrected chi connectivity index (χ1v) is 13.8. The smallest absolute Gasteiger partial charge is 0.413 e. The van der Waals surface area contributed by atoms with E-state index in [1.807, 2.05) is 94.4 Å². The Morgan fingerprint density at radius 3 is 1.82 bits per heavy atom. The first kappa shape index (κ1) is 28.8. The molecule has 0 bridgehead atoms. The second-order valence-electron chi connectivity index (χ2n) is 11.4. The quantitative estimate of drug-likeness (QED) is 0.322. The van der Waals surface area contributed by atoms with Gasteiger partial charge in [-0.2, -0.15) is 0 Å². The lowest BCUT2D eigenvalue weighted by Gasteiger charge is -2.42. The summed E-state index contributed by atoms with van der Waals surface area (Å²) in [5.41, 5.74) is 1.66. The molecule has 1 aliphatic heterocycles. The molecule has 39 heavy (non-hydrogen) atoms. The maximum absolute atomic E-state index is 13.9. The summed E-state index contributed by atoms with van der Waals surface area (Å²) in [5, 5.41) is 11.8. The zero-order valence-corrected chi connectivity index (χ0v) is 23.8. The van der Waals surface area contributed by atoms with Crippen molar-refractivity contribution in [2.75, 3.05) is 6.61 Å². The molecular weight excluding hydrogens is 488 g/mol. The van der Waals surface area contributed by atoms with E-state index < -0.39 is 29.6 Å². The maximum Gasteiger partial charge on any atom is 0.413 e. The van der Waals surface area contributed by atoms with Crippen molar-refractivity contribution in [1.82, 2.24) is 9.80 Å². The minimum absolute atomic E-state index is 0.265. The Bertz CT molecular complexity index is 1130. The molecule has 1 N–H and O–H groups in total. The molecule has 0 radical (unpaired) electrons. The number of hydrogen-bond donors (Lipinski definition) is 1. The van der Waals surface area contributed by atoms with Gasteiger partial charge in [0, 0.05) is 13.1 Å². The van der Waals surface area contributed by atoms with Crippen LogP contribution in [0, 0.1) is 0 Å². The van der Waals surface area contributed by atoms with Crippen LogP contribution in [0.25, 0.3) is 0 Å². The summed E-state index contributed by atoms with van der Waals surface area (Å²) in [4.78, 5) is 17.9. The second kappa shape index (κ2) is 12.3. The van der Waals surface area contributed by atoms with Gasteiger partial charge in [-0.05, 0) is 50.8 Å². The number of ether oxygens (including phenoxy) is 2. The third-order valence-corrected chi connectivity index (χ3v) is 7.52. The molecule has 1 fully saturated rings. The van der Waals surface area contributed by atoms with E-state index in [2.05, 4.69) is 36.1 Å². The summed E-state index contributed by atoms with van der Waals surface area (Å²) in [6.45, 7) is 11.5. The van der Waals surface area contributed by atoms with Crippen LogP contribution >= 0.6 is 0 Å². The molecule has 0 aromatic heterocycles. The number of carbonyl (C=O) groups is 1. The van der Waals surface area contributed by atoms with Crippen LogP contribution in [-0.4, -0.2) is 51.0 Å². The molecular formula is C33H42N2O4. The van der Waals surface area contributed by atoms with E-state index in [-0.39, 0.29) is 6.04 Å². The van der Waals surface area contributed by atoms with Gasteiger partial charge in [-0.15, -0.1) is 0 Å². The fourth-order valence-corrected chi connectivity index (χ4v) is 5.67. The van der Waals surface area contributed by atoms with Crippen molar-refractivity contribution in [2.45, 2.75) is 83.6 Å². The monoisotopic (exact) mass is 530 g/mol. The van der Waals surface area contributed by atoms with Gasteiger partial charge >= 0.3 is 6.09 Å². The van der Waals surface area contributed by atoms with Gasteiger partial charge < -0.3 is 14.6 Å². The zero-order chi connectivity index (χ0) is 28.0. The number of nitrogens with zero attached hydrogens (tertiary/aromatic N) is 2. The number of aliphatic hydroxyl groups excluding tert-OH is 1. The minimum atomic E-state index is -1.01. The van der Waals surface area contributed by atoms with Gasteiger partial charge in [-0.3, -0.25) is 9.80 Å². The van der Waals surface area contributed by atoms with Crippen LogP contribution < -0.4 is 0 Å². The third kappa shape index (κ3) is 6.88. The highest BCUT2D eigenvalue weighted by molar-refractivity contribution is 5.70. The number of benzene rings is 3. The highest BCUT2D eigenvalue weighted by atomic mass is 16.6. The number of aliphatic hydroxyl groups is 1. The summed E-state index contributed by atoms with van der Waals surface area (Å²) in [6, 6.07) is 29.8. The Morgan fingerprint density at radius 1 is 0.897 bits per heavy atom. The SMILES string of the molecule is CC[C@H]([C@@H](OC(=O)N1C(C)(C)COC1(C)C)[C@@H](O)c1ccccc1)N(Cc1ccccc1)Cc1ccccc1. The molecule has 0 aliphatic carbocycles. The summed E-state index contributed by atoms with van der Waals surface area (Å²) in [7, 11) is 0. The molecule has 1 saturated heterocycles. The molecule has 1 amide bonds. The summed E-state index contributed by atoms with van der Waals surface area (Å²) in [5.74, 6) is 0.